The van der Waals surface area contributed by atoms with Gasteiger partial charge in [-0.15, -0.1) is 0 Å². The van der Waals surface area contributed by atoms with Crippen molar-refractivity contribution in [3.8, 4) is 0 Å². The molecule has 1 aromatic rings. The molecule has 0 saturated heterocycles. The topological polar surface area (TPSA) is 20.2 Å². The summed E-state index contributed by atoms with van der Waals surface area (Å²) < 4.78 is 51.4. The highest BCUT2D eigenvalue weighted by atomic mass is 19.2. The summed E-state index contributed by atoms with van der Waals surface area (Å²) in [5, 5.41) is 9.49. The first-order chi connectivity index (χ1) is 7.43. The second kappa shape index (κ2) is 3.73. The quantitative estimate of drug-likeness (QED) is 0.484. The Morgan fingerprint density at radius 1 is 1.06 bits per heavy atom. The van der Waals surface area contributed by atoms with E-state index in [2.05, 4.69) is 0 Å². The minimum absolute atomic E-state index is 0.00352. The van der Waals surface area contributed by atoms with Crippen LogP contribution in [0.3, 0.4) is 0 Å². The highest BCUT2D eigenvalue weighted by Crippen LogP contribution is 2.39. The number of aliphatic hydroxyl groups is 1. The van der Waals surface area contributed by atoms with Gasteiger partial charge in [0, 0.05) is 0 Å². The highest BCUT2D eigenvalue weighted by Gasteiger charge is 2.39. The number of halogens is 4. The van der Waals surface area contributed by atoms with Crippen LogP contribution in [-0.2, 0) is 6.42 Å². The predicted octanol–water partition coefficient (Wildman–Crippen LogP) is 2.70. The third kappa shape index (κ3) is 2.04. The molecule has 0 spiro atoms. The molecule has 0 bridgehead atoms. The maximum atomic E-state index is 13.2. The third-order valence-electron chi connectivity index (χ3n) is 2.86. The van der Waals surface area contributed by atoms with Gasteiger partial charge in [0.2, 0.25) is 0 Å². The van der Waals surface area contributed by atoms with Crippen molar-refractivity contribution >= 4 is 0 Å². The lowest BCUT2D eigenvalue weighted by Crippen LogP contribution is -2.10. The van der Waals surface area contributed by atoms with Crippen molar-refractivity contribution < 1.29 is 22.7 Å². The molecule has 1 N–H and O–H groups in total. The summed E-state index contributed by atoms with van der Waals surface area (Å²) in [7, 11) is 0. The van der Waals surface area contributed by atoms with Crippen LogP contribution in [0.4, 0.5) is 17.6 Å². The predicted molar refractivity (Wildman–Crippen MR) is 48.8 cm³/mol. The van der Waals surface area contributed by atoms with Crippen LogP contribution in [0, 0.1) is 23.3 Å². The molecule has 1 aromatic carbocycles. The average molecular weight is 234 g/mol. The normalized spacial score (nSPS) is 17.6. The summed E-state index contributed by atoms with van der Waals surface area (Å²) in [4.78, 5) is 0. The molecule has 0 aliphatic heterocycles. The largest absolute Gasteiger partial charge is 0.390 e. The van der Waals surface area contributed by atoms with Crippen molar-refractivity contribution in [2.45, 2.75) is 31.3 Å². The summed E-state index contributed by atoms with van der Waals surface area (Å²) in [5.74, 6) is -6.37. The molecule has 0 amide bonds. The molecule has 88 valence electrons. The van der Waals surface area contributed by atoms with Gasteiger partial charge in [0.1, 0.15) is 0 Å². The van der Waals surface area contributed by atoms with E-state index in [4.69, 9.17) is 0 Å². The summed E-state index contributed by atoms with van der Waals surface area (Å²) in [6.45, 7) is 0. The Bertz CT molecular complexity index is 426. The lowest BCUT2D eigenvalue weighted by Gasteiger charge is -2.09. The van der Waals surface area contributed by atoms with E-state index in [1.807, 2.05) is 0 Å². The van der Waals surface area contributed by atoms with E-state index in [-0.39, 0.29) is 18.4 Å². The van der Waals surface area contributed by atoms with Crippen LogP contribution in [0.15, 0.2) is 6.07 Å². The molecular formula is C11H10F4O. The van der Waals surface area contributed by atoms with Gasteiger partial charge in [-0.2, -0.15) is 0 Å². The molecule has 16 heavy (non-hydrogen) atoms. The van der Waals surface area contributed by atoms with Crippen molar-refractivity contribution in [2.75, 3.05) is 0 Å². The molecular weight excluding hydrogens is 224 g/mol. The van der Waals surface area contributed by atoms with Crippen LogP contribution in [0.5, 0.6) is 0 Å². The van der Waals surface area contributed by atoms with E-state index in [9.17, 15) is 22.7 Å². The summed E-state index contributed by atoms with van der Waals surface area (Å²) in [6.07, 6.45) is 1.45. The van der Waals surface area contributed by atoms with Crippen LogP contribution in [0.2, 0.25) is 0 Å². The molecule has 1 aliphatic carbocycles. The highest BCUT2D eigenvalue weighted by molar-refractivity contribution is 5.22. The van der Waals surface area contributed by atoms with E-state index in [1.165, 1.54) is 0 Å². The molecule has 1 aliphatic rings. The van der Waals surface area contributed by atoms with Gasteiger partial charge in [0.25, 0.3) is 0 Å². The monoisotopic (exact) mass is 234 g/mol. The van der Waals surface area contributed by atoms with Crippen molar-refractivity contribution in [2.24, 2.45) is 0 Å². The lowest BCUT2D eigenvalue weighted by molar-refractivity contribution is 0.140. The molecule has 0 aromatic heterocycles. The third-order valence-corrected chi connectivity index (χ3v) is 2.86. The van der Waals surface area contributed by atoms with Gasteiger partial charge in [-0.25, -0.2) is 17.6 Å². The molecule has 5 heteroatoms. The smallest absolute Gasteiger partial charge is 0.197 e. The van der Waals surface area contributed by atoms with Crippen molar-refractivity contribution in [1.29, 1.82) is 0 Å². The van der Waals surface area contributed by atoms with E-state index in [0.717, 1.165) is 0 Å². The van der Waals surface area contributed by atoms with E-state index < -0.39 is 28.9 Å². The number of hydrogen-bond acceptors (Lipinski definition) is 1. The number of benzene rings is 1. The van der Waals surface area contributed by atoms with Crippen LogP contribution >= 0.6 is 0 Å². The molecule has 0 heterocycles. The van der Waals surface area contributed by atoms with Gasteiger partial charge in [-0.3, -0.25) is 0 Å². The Hall–Kier alpha value is -1.10. The first-order valence-corrected chi connectivity index (χ1v) is 4.97. The zero-order chi connectivity index (χ0) is 11.9. The minimum Gasteiger partial charge on any atom is -0.390 e. The Kier molecular flexibility index (Phi) is 2.66. The first-order valence-electron chi connectivity index (χ1n) is 4.97. The van der Waals surface area contributed by atoms with Gasteiger partial charge in [0.15, 0.2) is 23.3 Å². The second-order valence-electron chi connectivity index (χ2n) is 4.18. The summed E-state index contributed by atoms with van der Waals surface area (Å²) >= 11 is 0. The van der Waals surface area contributed by atoms with Crippen molar-refractivity contribution in [3.05, 3.63) is 34.9 Å². The van der Waals surface area contributed by atoms with E-state index >= 15 is 0 Å². The Labute approximate surface area is 89.7 Å². The van der Waals surface area contributed by atoms with Crippen molar-refractivity contribution in [3.63, 3.8) is 0 Å². The SMILES string of the molecule is OC1(CCc2cc(F)c(F)c(F)c2F)CC1. The van der Waals surface area contributed by atoms with Gasteiger partial charge < -0.3 is 5.11 Å². The van der Waals surface area contributed by atoms with Crippen LogP contribution in [0.25, 0.3) is 0 Å². The molecule has 2 rings (SSSR count). The number of hydrogen-bond donors (Lipinski definition) is 1. The number of rotatable bonds is 3. The van der Waals surface area contributed by atoms with Gasteiger partial charge in [-0.1, -0.05) is 0 Å². The lowest BCUT2D eigenvalue weighted by atomic mass is 10.0. The molecule has 1 saturated carbocycles. The fourth-order valence-corrected chi connectivity index (χ4v) is 1.57. The van der Waals surface area contributed by atoms with Gasteiger partial charge >= 0.3 is 0 Å². The van der Waals surface area contributed by atoms with E-state index in [0.29, 0.717) is 18.9 Å². The summed E-state index contributed by atoms with van der Waals surface area (Å²) in [6, 6.07) is 0.638. The molecule has 0 unspecified atom stereocenters. The van der Waals surface area contributed by atoms with Gasteiger partial charge in [-0.05, 0) is 37.3 Å². The van der Waals surface area contributed by atoms with Crippen LogP contribution < -0.4 is 0 Å². The van der Waals surface area contributed by atoms with Gasteiger partial charge in [0.05, 0.1) is 5.60 Å². The Morgan fingerprint density at radius 3 is 2.25 bits per heavy atom. The Morgan fingerprint density at radius 2 is 1.69 bits per heavy atom. The maximum absolute atomic E-state index is 13.2. The fourth-order valence-electron chi connectivity index (χ4n) is 1.57. The first kappa shape index (κ1) is 11.4. The zero-order valence-corrected chi connectivity index (χ0v) is 8.36. The summed E-state index contributed by atoms with van der Waals surface area (Å²) in [5.41, 5.74) is -1.06. The maximum Gasteiger partial charge on any atom is 0.197 e. The van der Waals surface area contributed by atoms with E-state index in [1.54, 1.807) is 0 Å². The second-order valence-corrected chi connectivity index (χ2v) is 4.18. The van der Waals surface area contributed by atoms with Crippen molar-refractivity contribution in [1.82, 2.24) is 0 Å². The van der Waals surface area contributed by atoms with Crippen LogP contribution in [-0.4, -0.2) is 10.7 Å². The Balaban J connectivity index is 2.20. The fraction of sp³-hybridized carbons (Fsp3) is 0.455. The molecule has 0 radical (unpaired) electrons. The molecule has 1 nitrogen and oxygen atoms in total. The molecule has 1 fully saturated rings. The van der Waals surface area contributed by atoms with Crippen LogP contribution in [0.1, 0.15) is 24.8 Å². The number of aryl methyl sites for hydroxylation is 1. The molecule has 0 atom stereocenters. The average Bonchev–Trinajstić information content (AvgIpc) is 2.98. The zero-order valence-electron chi connectivity index (χ0n) is 8.36. The minimum atomic E-state index is -1.80. The standard InChI is InChI=1S/C11H10F4O/c12-7-5-6(1-2-11(16)3-4-11)8(13)10(15)9(7)14/h5,16H,1-4H2.